The molecule has 123 heavy (non-hydrogen) atoms. The van der Waals surface area contributed by atoms with Gasteiger partial charge in [0.05, 0.1) is 72.4 Å². The number of rotatable bonds is 0. The van der Waals surface area contributed by atoms with Crippen LogP contribution >= 0.6 is 125 Å². The Morgan fingerprint density at radius 1 is 0.341 bits per heavy atom. The molecule has 0 saturated heterocycles. The summed E-state index contributed by atoms with van der Waals surface area (Å²) in [6.07, 6.45) is 5.75. The zero-order valence-electron chi connectivity index (χ0n) is 76.3. The molecule has 0 unspecified atom stereocenters. The van der Waals surface area contributed by atoms with Gasteiger partial charge >= 0.3 is 0 Å². The van der Waals surface area contributed by atoms with E-state index in [2.05, 4.69) is 206 Å². The van der Waals surface area contributed by atoms with E-state index in [0.29, 0.717) is 33.0 Å². The van der Waals surface area contributed by atoms with Crippen LogP contribution < -0.4 is 0 Å². The first kappa shape index (κ1) is 96.0. The van der Waals surface area contributed by atoms with E-state index in [1.807, 2.05) is 168 Å². The van der Waals surface area contributed by atoms with Gasteiger partial charge < -0.3 is 9.56 Å². The van der Waals surface area contributed by atoms with Gasteiger partial charge in [0, 0.05) is 126 Å². The maximum atomic E-state index is 12.3. The number of aromatic nitrogens is 7. The minimum absolute atomic E-state index is 0.336. The summed E-state index contributed by atoms with van der Waals surface area (Å²) in [5, 5.41) is 5.57. The van der Waals surface area contributed by atoms with E-state index < -0.39 is 23.6 Å². The molecule has 25 heteroatoms. The standard InChI is InChI=1S/C18H12N2S.C16H10N2O4.C13H15NS2.C12H12S3.C10H12S2.C8H8N2S.C6H6N2S2.C4H8.C4H6.C3H7N.2C2H6/c1-9-15-16(10(2)21-9)20-18-13-8-4-6-11-5-3-7-12(14(11)13)17(18)19-15;1-17-13(19)7-3-5-9-12-10(16(22)18(2)15(9)21)6-4-8(11(7)12)14(17)20;1-6-8(3)15-12-10(6)14(5)11-7(2)9(4)16-13(11)12;1-5-7(3)13-11-9(5)15-10-6(2)8(4)14-12(10)11;1-5-7(3)11-10-6(2)8(4)12-9(5)10;1-5-3-4-6(2)8-7(5)9-11-10-8;1-3-7-5-6(9-3)8-4(2)10-5;3*1-3-4-2;2*1-2/h3-8H,1-2H3;3-6H,1-2H3;1-5H3;1-4H3;1-4H3;3-4H,1-2H3;1-2H3;3-4H,1-2H3;1-2H3;3H,1-2H3;2*1-2H3. The number of fused-ring (bicyclic) bond motifs is 13. The van der Waals surface area contributed by atoms with Gasteiger partial charge in [0.1, 0.15) is 22.1 Å². The third kappa shape index (κ3) is 18.9. The Kier molecular flexibility index (Phi) is 32.2. The Hall–Kier alpha value is -9.27. The number of hydrogen-bond donors (Lipinski definition) is 0. The largest absolute Gasteiger partial charge is 0.342 e. The van der Waals surface area contributed by atoms with Crippen LogP contribution in [0.15, 0.2) is 89.9 Å². The van der Waals surface area contributed by atoms with Crippen molar-refractivity contribution in [2.45, 2.75) is 187 Å². The summed E-state index contributed by atoms with van der Waals surface area (Å²) in [7, 11) is 6.78. The average Bonchev–Trinajstić information content (AvgIpc) is 1.42. The van der Waals surface area contributed by atoms with Gasteiger partial charge in [0.2, 0.25) is 0 Å². The normalized spacial score (nSPS) is 11.9. The topological polar surface area (TPSA) is 169 Å². The van der Waals surface area contributed by atoms with Gasteiger partial charge in [-0.3, -0.25) is 29.0 Å². The highest BCUT2D eigenvalue weighted by atomic mass is 32.1. The first-order valence-electron chi connectivity index (χ1n) is 40.7. The second kappa shape index (κ2) is 41.2. The quantitative estimate of drug-likeness (QED) is 0.0616. The van der Waals surface area contributed by atoms with Crippen LogP contribution in [-0.2, 0) is 7.05 Å². The molecule has 3 aliphatic rings. The lowest BCUT2D eigenvalue weighted by Gasteiger charge is -2.29. The molecule has 0 radical (unpaired) electrons. The van der Waals surface area contributed by atoms with Gasteiger partial charge in [-0.1, -0.05) is 111 Å². The van der Waals surface area contributed by atoms with E-state index >= 15 is 0 Å². The highest BCUT2D eigenvalue weighted by molar-refractivity contribution is 7.39. The molecule has 15 heterocycles. The number of thiazole rings is 2. The van der Waals surface area contributed by atoms with Crippen LogP contribution in [0.1, 0.15) is 197 Å². The average molecular weight is 1840 g/mol. The van der Waals surface area contributed by atoms with Crippen LogP contribution in [0.3, 0.4) is 0 Å². The van der Waals surface area contributed by atoms with E-state index in [-0.39, 0.29) is 0 Å². The van der Waals surface area contributed by atoms with Crippen molar-refractivity contribution in [3.8, 4) is 34.4 Å². The molecule has 14 nitrogen and oxygen atoms in total. The van der Waals surface area contributed by atoms with Gasteiger partial charge in [-0.25, -0.2) is 19.9 Å². The number of carbonyl (C=O) groups is 4. The molecule has 0 spiro atoms. The predicted octanol–water partition coefficient (Wildman–Crippen LogP) is 30.7. The SMILES string of the molecule is CC.CC.CC#CC.CC=CC.CC=NC.CN1C(=O)c2ccc3c4c(ccc(c24)C1=O)C(=O)N(C)C3=O.Cc1ccc(C)c2nsnc12.Cc1nc2sc(C)nc2s1.Cc1sc(C)c2nc3c(nc12)-c1cccc2cccc-3c12.Cc1sc2c(C)c(C)sc2c1C.Cc1sc2c(sc3c(C)c(C)sc32)c1C.Cc1sc2c3sc(C)c(C)c3n(C)c2c1C. The number of benzene rings is 5. The van der Waals surface area contributed by atoms with Crippen LogP contribution in [0.4, 0.5) is 0 Å². The van der Waals surface area contributed by atoms with E-state index in [1.165, 1.54) is 204 Å². The number of aliphatic imine (C=N–C) groups is 1. The lowest BCUT2D eigenvalue weighted by molar-refractivity contribution is 0.0629. The Morgan fingerprint density at radius 2 is 0.650 bits per heavy atom. The molecule has 18 aromatic rings. The van der Waals surface area contributed by atoms with Gasteiger partial charge in [-0.05, 0) is 240 Å². The predicted molar refractivity (Wildman–Crippen MR) is 547 cm³/mol. The first-order valence-corrected chi connectivity index (χ1v) is 49.6. The lowest BCUT2D eigenvalue weighted by atomic mass is 9.86. The number of hydrogen-bond acceptors (Lipinski definition) is 22. The van der Waals surface area contributed by atoms with Crippen molar-refractivity contribution in [2.75, 3.05) is 21.1 Å². The van der Waals surface area contributed by atoms with Gasteiger partial charge in [-0.2, -0.15) is 8.75 Å². The van der Waals surface area contributed by atoms with Gasteiger partial charge in [0.15, 0.2) is 9.66 Å². The van der Waals surface area contributed by atoms with Gasteiger partial charge in [0.25, 0.3) is 23.6 Å². The summed E-state index contributed by atoms with van der Waals surface area (Å²) in [6.45, 7) is 56.7. The van der Waals surface area contributed by atoms with Crippen molar-refractivity contribution in [3.05, 3.63) is 201 Å². The summed E-state index contributed by atoms with van der Waals surface area (Å²) in [4.78, 5) is 86.9. The second-order valence-corrected chi connectivity index (χ2v) is 41.8. The Balaban J connectivity index is 0.000000148. The summed E-state index contributed by atoms with van der Waals surface area (Å²) in [5.74, 6) is 3.64. The molecular weight excluding hydrogens is 1730 g/mol. The van der Waals surface area contributed by atoms with E-state index in [1.54, 1.807) is 47.3 Å². The van der Waals surface area contributed by atoms with Crippen molar-refractivity contribution >= 4 is 257 Å². The molecule has 0 bridgehead atoms. The van der Waals surface area contributed by atoms with E-state index in [9.17, 15) is 19.2 Å². The van der Waals surface area contributed by atoms with Crippen LogP contribution in [0.2, 0.25) is 0 Å². The zero-order valence-corrected chi connectivity index (χ0v) is 85.2. The number of imide groups is 2. The van der Waals surface area contributed by atoms with Crippen LogP contribution in [0.5, 0.6) is 0 Å². The van der Waals surface area contributed by atoms with Crippen molar-refractivity contribution in [3.63, 3.8) is 0 Å². The molecule has 0 atom stereocenters. The lowest BCUT2D eigenvalue weighted by Crippen LogP contribution is -2.40. The number of amides is 4. The Labute approximate surface area is 767 Å². The second-order valence-electron chi connectivity index (χ2n) is 29.1. The van der Waals surface area contributed by atoms with Crippen LogP contribution in [0, 0.1) is 136 Å². The van der Waals surface area contributed by atoms with Gasteiger partial charge in [-0.15, -0.1) is 103 Å². The first-order chi connectivity index (χ1) is 58.7. The smallest absolute Gasteiger partial charge is 0.261 e. The molecule has 0 fully saturated rings. The van der Waals surface area contributed by atoms with Crippen molar-refractivity contribution < 1.29 is 19.2 Å². The zero-order chi connectivity index (χ0) is 90.3. The molecule has 0 saturated carbocycles. The monoisotopic (exact) mass is 1840 g/mol. The maximum absolute atomic E-state index is 12.3. The minimum atomic E-state index is -0.431. The fourth-order valence-electron chi connectivity index (χ4n) is 14.1. The number of aryl methyl sites for hydroxylation is 19. The van der Waals surface area contributed by atoms with E-state index in [0.717, 1.165) is 62.9 Å². The third-order valence-corrected chi connectivity index (χ3v) is 34.5. The number of carbonyl (C=O) groups excluding carboxylic acids is 4. The van der Waals surface area contributed by atoms with E-state index in [4.69, 9.17) is 9.97 Å². The Bertz CT molecular complexity index is 6660. The van der Waals surface area contributed by atoms with Crippen LogP contribution in [0.25, 0.3) is 124 Å². The molecule has 1 aliphatic carbocycles. The molecule has 4 amide bonds. The number of nitrogens with zero attached hydrogens (tertiary/aromatic N) is 10. The molecule has 13 aromatic heterocycles. The molecule has 0 N–H and O–H groups in total. The minimum Gasteiger partial charge on any atom is -0.342 e. The number of thiophene rings is 8. The number of allylic oxidation sites excluding steroid dienone is 2. The fraction of sp³-hybridized carbons (Fsp3) is 0.316. The molecule has 640 valence electrons. The Morgan fingerprint density at radius 3 is 0.967 bits per heavy atom. The third-order valence-electron chi connectivity index (χ3n) is 21.5. The summed E-state index contributed by atoms with van der Waals surface area (Å²) in [5.41, 5.74) is 24.2. The fourth-order valence-corrected chi connectivity index (χ4v) is 26.9. The summed E-state index contributed by atoms with van der Waals surface area (Å²) in [6, 6.07) is 23.2. The maximum Gasteiger partial charge on any atom is 0.261 e. The summed E-state index contributed by atoms with van der Waals surface area (Å²) < 4.78 is 22.8. The molecule has 2 aliphatic heterocycles. The van der Waals surface area contributed by atoms with Crippen molar-refractivity contribution in [2.24, 2.45) is 12.0 Å². The molecular formula is C98H108N10O4S11. The molecule has 5 aromatic carbocycles. The highest BCUT2D eigenvalue weighted by Gasteiger charge is 2.38. The van der Waals surface area contributed by atoms with Crippen molar-refractivity contribution in [1.82, 2.24) is 43.0 Å². The van der Waals surface area contributed by atoms with Crippen molar-refractivity contribution in [1.29, 1.82) is 0 Å². The summed E-state index contributed by atoms with van der Waals surface area (Å²) >= 11 is 20.0. The highest BCUT2D eigenvalue weighted by Crippen LogP contribution is 2.50. The molecule has 21 rings (SSSR count). The van der Waals surface area contributed by atoms with Crippen LogP contribution in [-0.4, -0.2) is 94.0 Å².